The van der Waals surface area contributed by atoms with E-state index in [2.05, 4.69) is 10.3 Å². The zero-order chi connectivity index (χ0) is 18.4. The van der Waals surface area contributed by atoms with E-state index in [9.17, 15) is 23.1 Å². The van der Waals surface area contributed by atoms with Gasteiger partial charge in [0.1, 0.15) is 6.67 Å². The second kappa shape index (κ2) is 7.69. The topological polar surface area (TPSA) is 70.9 Å². The van der Waals surface area contributed by atoms with Crippen LogP contribution >= 0.6 is 0 Å². The van der Waals surface area contributed by atoms with Crippen molar-refractivity contribution in [1.29, 1.82) is 0 Å². The van der Waals surface area contributed by atoms with Crippen molar-refractivity contribution in [2.24, 2.45) is 4.99 Å². The van der Waals surface area contributed by atoms with Gasteiger partial charge in [0, 0.05) is 17.3 Å². The van der Waals surface area contributed by atoms with Gasteiger partial charge in [0.05, 0.1) is 12.7 Å². The number of amides is 1. The number of aliphatic imine (C=N–C) groups is 1. The van der Waals surface area contributed by atoms with Crippen LogP contribution in [-0.2, 0) is 6.18 Å². The first-order valence-corrected chi connectivity index (χ1v) is 7.14. The monoisotopic (exact) mass is 352 g/mol. The number of nitrogens with zero attached hydrogens (tertiary/aromatic N) is 1. The van der Waals surface area contributed by atoms with Gasteiger partial charge in [0.15, 0.2) is 11.5 Å². The van der Waals surface area contributed by atoms with Crippen LogP contribution in [0.5, 0.6) is 11.5 Å². The third-order valence-corrected chi connectivity index (χ3v) is 3.26. The van der Waals surface area contributed by atoms with Gasteiger partial charge in [-0.3, -0.25) is 9.79 Å². The van der Waals surface area contributed by atoms with E-state index >= 15 is 0 Å². The molecule has 0 unspecified atom stereocenters. The quantitative estimate of drug-likeness (QED) is 0.812. The SMILES string of the molecule is COc1cccc(C=NCNC(=O)c2cccc(C(F)(F)F)c2)c1O. The first kappa shape index (κ1) is 18.3. The highest BCUT2D eigenvalue weighted by Crippen LogP contribution is 2.29. The summed E-state index contributed by atoms with van der Waals surface area (Å²) in [6, 6.07) is 8.92. The van der Waals surface area contributed by atoms with Gasteiger partial charge in [-0.25, -0.2) is 0 Å². The number of phenols is 1. The molecule has 1 amide bonds. The molecule has 0 aliphatic rings. The molecular weight excluding hydrogens is 337 g/mol. The standard InChI is InChI=1S/C17H15F3N2O3/c1-25-14-7-3-5-12(15(14)23)9-21-10-22-16(24)11-4-2-6-13(8-11)17(18,19)20/h2-9,23H,10H2,1H3,(H,22,24). The van der Waals surface area contributed by atoms with Gasteiger partial charge >= 0.3 is 6.18 Å². The maximum Gasteiger partial charge on any atom is 0.416 e. The zero-order valence-corrected chi connectivity index (χ0v) is 13.2. The van der Waals surface area contributed by atoms with Gasteiger partial charge in [0.2, 0.25) is 0 Å². The largest absolute Gasteiger partial charge is 0.504 e. The molecule has 132 valence electrons. The van der Waals surface area contributed by atoms with Crippen LogP contribution in [0.2, 0.25) is 0 Å². The van der Waals surface area contributed by atoms with Gasteiger partial charge in [-0.2, -0.15) is 13.2 Å². The fraction of sp³-hybridized carbons (Fsp3) is 0.176. The number of hydrogen-bond donors (Lipinski definition) is 2. The maximum atomic E-state index is 12.6. The van der Waals surface area contributed by atoms with Crippen molar-refractivity contribution < 1.29 is 27.8 Å². The summed E-state index contributed by atoms with van der Waals surface area (Å²) >= 11 is 0. The number of aromatic hydroxyl groups is 1. The first-order chi connectivity index (χ1) is 11.8. The van der Waals surface area contributed by atoms with Crippen LogP contribution in [0.15, 0.2) is 47.5 Å². The van der Waals surface area contributed by atoms with Gasteiger partial charge in [-0.15, -0.1) is 0 Å². The van der Waals surface area contributed by atoms with E-state index in [0.29, 0.717) is 5.56 Å². The highest BCUT2D eigenvalue weighted by Gasteiger charge is 2.30. The Balaban J connectivity index is 1.99. The highest BCUT2D eigenvalue weighted by atomic mass is 19.4. The molecule has 8 heteroatoms. The molecule has 25 heavy (non-hydrogen) atoms. The minimum Gasteiger partial charge on any atom is -0.504 e. The van der Waals surface area contributed by atoms with Crippen LogP contribution in [0, 0.1) is 0 Å². The molecule has 0 heterocycles. The molecule has 0 saturated carbocycles. The summed E-state index contributed by atoms with van der Waals surface area (Å²) in [7, 11) is 1.41. The minimum absolute atomic E-state index is 0.0991. The molecule has 0 bridgehead atoms. The molecule has 0 radical (unpaired) electrons. The summed E-state index contributed by atoms with van der Waals surface area (Å²) in [5, 5.41) is 12.3. The molecule has 0 fully saturated rings. The number of benzene rings is 2. The molecule has 0 aliphatic carbocycles. The lowest BCUT2D eigenvalue weighted by Gasteiger charge is -2.08. The number of para-hydroxylation sites is 1. The van der Waals surface area contributed by atoms with Crippen molar-refractivity contribution in [3.8, 4) is 11.5 Å². The fourth-order valence-electron chi connectivity index (χ4n) is 2.01. The summed E-state index contributed by atoms with van der Waals surface area (Å²) < 4.78 is 42.9. The zero-order valence-electron chi connectivity index (χ0n) is 13.2. The van der Waals surface area contributed by atoms with E-state index in [1.807, 2.05) is 0 Å². The number of rotatable bonds is 5. The van der Waals surface area contributed by atoms with Gasteiger partial charge < -0.3 is 15.2 Å². The van der Waals surface area contributed by atoms with Crippen LogP contribution in [-0.4, -0.2) is 31.0 Å². The van der Waals surface area contributed by atoms with Crippen molar-refractivity contribution in [1.82, 2.24) is 5.32 Å². The Morgan fingerprint density at radius 2 is 2.00 bits per heavy atom. The summed E-state index contributed by atoms with van der Waals surface area (Å²) in [5.74, 6) is -0.506. The van der Waals surface area contributed by atoms with E-state index in [4.69, 9.17) is 4.74 Å². The van der Waals surface area contributed by atoms with Crippen molar-refractivity contribution >= 4 is 12.1 Å². The van der Waals surface area contributed by atoms with Crippen LogP contribution in [0.3, 0.4) is 0 Å². The summed E-state index contributed by atoms with van der Waals surface area (Å²) in [4.78, 5) is 15.8. The Bertz CT molecular complexity index is 789. The average molecular weight is 352 g/mol. The molecule has 0 saturated heterocycles. The van der Waals surface area contributed by atoms with Crippen LogP contribution in [0.4, 0.5) is 13.2 Å². The second-order valence-electron chi connectivity index (χ2n) is 4.95. The van der Waals surface area contributed by atoms with E-state index in [-0.39, 0.29) is 23.7 Å². The molecule has 2 aromatic carbocycles. The smallest absolute Gasteiger partial charge is 0.416 e. The fourth-order valence-corrected chi connectivity index (χ4v) is 2.01. The first-order valence-electron chi connectivity index (χ1n) is 7.14. The van der Waals surface area contributed by atoms with Crippen molar-refractivity contribution in [2.75, 3.05) is 13.8 Å². The lowest BCUT2D eigenvalue weighted by molar-refractivity contribution is -0.137. The van der Waals surface area contributed by atoms with Crippen molar-refractivity contribution in [2.45, 2.75) is 6.18 Å². The second-order valence-corrected chi connectivity index (χ2v) is 4.95. The number of methoxy groups -OCH3 is 1. The predicted octanol–water partition coefficient (Wildman–Crippen LogP) is 3.23. The van der Waals surface area contributed by atoms with E-state index in [1.165, 1.54) is 19.4 Å². The number of hydrogen-bond acceptors (Lipinski definition) is 4. The van der Waals surface area contributed by atoms with Gasteiger partial charge in [-0.05, 0) is 30.3 Å². The Hall–Kier alpha value is -3.03. The lowest BCUT2D eigenvalue weighted by atomic mass is 10.1. The van der Waals surface area contributed by atoms with E-state index in [0.717, 1.165) is 18.2 Å². The molecular formula is C17H15F3N2O3. The predicted molar refractivity (Wildman–Crippen MR) is 86.0 cm³/mol. The third-order valence-electron chi connectivity index (χ3n) is 3.26. The Morgan fingerprint density at radius 1 is 1.28 bits per heavy atom. The lowest BCUT2D eigenvalue weighted by Crippen LogP contribution is -2.24. The summed E-state index contributed by atoms with van der Waals surface area (Å²) in [6.45, 7) is -0.161. The van der Waals surface area contributed by atoms with Gasteiger partial charge in [0.25, 0.3) is 5.91 Å². The molecule has 0 atom stereocenters. The number of ether oxygens (including phenoxy) is 1. The number of nitrogens with one attached hydrogen (secondary N) is 1. The van der Waals surface area contributed by atoms with Crippen LogP contribution < -0.4 is 10.1 Å². The van der Waals surface area contributed by atoms with Crippen molar-refractivity contribution in [3.63, 3.8) is 0 Å². The normalized spacial score (nSPS) is 11.5. The number of halogens is 3. The minimum atomic E-state index is -4.52. The number of carbonyl (C=O) groups excluding carboxylic acids is 1. The number of phenolic OH excluding ortho intramolecular Hbond substituents is 1. The molecule has 2 N–H and O–H groups in total. The molecule has 0 aliphatic heterocycles. The van der Waals surface area contributed by atoms with E-state index < -0.39 is 17.6 Å². The van der Waals surface area contributed by atoms with Gasteiger partial charge in [-0.1, -0.05) is 12.1 Å². The Labute approximate surface area is 141 Å². The number of alkyl halides is 3. The maximum absolute atomic E-state index is 12.6. The Kier molecular flexibility index (Phi) is 5.63. The molecule has 2 aromatic rings. The van der Waals surface area contributed by atoms with Crippen molar-refractivity contribution in [3.05, 3.63) is 59.2 Å². The highest BCUT2D eigenvalue weighted by molar-refractivity contribution is 5.94. The van der Waals surface area contributed by atoms with E-state index in [1.54, 1.807) is 18.2 Å². The molecule has 2 rings (SSSR count). The average Bonchev–Trinajstić information content (AvgIpc) is 2.59. The number of carbonyl (C=O) groups is 1. The summed E-state index contributed by atoms with van der Waals surface area (Å²) in [6.07, 6.45) is -3.19. The summed E-state index contributed by atoms with van der Waals surface area (Å²) in [5.41, 5.74) is -0.633. The molecule has 5 nitrogen and oxygen atoms in total. The Morgan fingerprint density at radius 3 is 2.68 bits per heavy atom. The van der Waals surface area contributed by atoms with Crippen LogP contribution in [0.1, 0.15) is 21.5 Å². The third kappa shape index (κ3) is 4.72. The molecule has 0 spiro atoms. The molecule has 0 aromatic heterocycles. The van der Waals surface area contributed by atoms with Crippen LogP contribution in [0.25, 0.3) is 0 Å².